The number of hydrogen-bond acceptors (Lipinski definition) is 4. The Kier molecular flexibility index (Phi) is 5.05. The quantitative estimate of drug-likeness (QED) is 0.824. The van der Waals surface area contributed by atoms with Gasteiger partial charge < -0.3 is 20.1 Å². The molecule has 2 rings (SSSR count). The summed E-state index contributed by atoms with van der Waals surface area (Å²) in [5, 5.41) is 6.93. The van der Waals surface area contributed by atoms with E-state index in [0.29, 0.717) is 25.3 Å². The Morgan fingerprint density at radius 3 is 2.53 bits per heavy atom. The van der Waals surface area contributed by atoms with E-state index in [1.54, 1.807) is 0 Å². The zero-order valence-electron chi connectivity index (χ0n) is 12.0. The molecule has 0 fully saturated rings. The van der Waals surface area contributed by atoms with Crippen molar-refractivity contribution < 1.29 is 9.47 Å². The van der Waals surface area contributed by atoms with Gasteiger partial charge in [-0.1, -0.05) is 19.9 Å². The summed E-state index contributed by atoms with van der Waals surface area (Å²) in [6.07, 6.45) is 0. The van der Waals surface area contributed by atoms with Crippen molar-refractivity contribution in [2.45, 2.75) is 39.4 Å². The number of benzene rings is 1. The molecule has 1 aliphatic rings. The fraction of sp³-hybridized carbons (Fsp3) is 0.600. The monoisotopic (exact) mass is 264 g/mol. The molecule has 0 radical (unpaired) electrons. The van der Waals surface area contributed by atoms with Gasteiger partial charge in [-0.15, -0.1) is 0 Å². The molecule has 0 aliphatic carbocycles. The van der Waals surface area contributed by atoms with Crippen molar-refractivity contribution in [2.24, 2.45) is 0 Å². The molecule has 106 valence electrons. The number of hydrogen-bond donors (Lipinski definition) is 2. The lowest BCUT2D eigenvalue weighted by Gasteiger charge is -2.20. The molecule has 0 aromatic heterocycles. The molecule has 1 atom stereocenters. The van der Waals surface area contributed by atoms with Crippen LogP contribution in [0.5, 0.6) is 11.5 Å². The molecule has 0 spiro atoms. The normalized spacial score (nSPS) is 15.6. The average Bonchev–Trinajstić information content (AvgIpc) is 2.42. The van der Waals surface area contributed by atoms with Crippen LogP contribution in [0.3, 0.4) is 0 Å². The summed E-state index contributed by atoms with van der Waals surface area (Å²) >= 11 is 0. The first-order valence-corrected chi connectivity index (χ1v) is 7.00. The highest BCUT2D eigenvalue weighted by molar-refractivity contribution is 5.43. The van der Waals surface area contributed by atoms with Crippen molar-refractivity contribution in [2.75, 3.05) is 19.8 Å². The van der Waals surface area contributed by atoms with Gasteiger partial charge in [0.05, 0.1) is 0 Å². The molecule has 0 saturated carbocycles. The van der Waals surface area contributed by atoms with Gasteiger partial charge in [0.2, 0.25) is 0 Å². The molecule has 1 unspecified atom stereocenters. The van der Waals surface area contributed by atoms with E-state index in [1.807, 2.05) is 6.07 Å². The standard InChI is InChI=1S/C15H24N2O2/c1-11(2)16-9-12(3)17-10-13-4-5-14-15(8-13)19-7-6-18-14/h4-5,8,11-12,16-17H,6-7,9-10H2,1-3H3. The topological polar surface area (TPSA) is 42.5 Å². The zero-order valence-corrected chi connectivity index (χ0v) is 12.0. The minimum Gasteiger partial charge on any atom is -0.486 e. The van der Waals surface area contributed by atoms with Gasteiger partial charge in [0.15, 0.2) is 11.5 Å². The summed E-state index contributed by atoms with van der Waals surface area (Å²) < 4.78 is 11.1. The summed E-state index contributed by atoms with van der Waals surface area (Å²) in [6.45, 7) is 9.61. The Bertz CT molecular complexity index is 407. The van der Waals surface area contributed by atoms with Gasteiger partial charge in [0.1, 0.15) is 13.2 Å². The van der Waals surface area contributed by atoms with E-state index in [1.165, 1.54) is 5.56 Å². The van der Waals surface area contributed by atoms with Crippen LogP contribution in [-0.4, -0.2) is 31.8 Å². The van der Waals surface area contributed by atoms with E-state index < -0.39 is 0 Å². The molecule has 1 aromatic carbocycles. The minimum atomic E-state index is 0.440. The van der Waals surface area contributed by atoms with E-state index in [4.69, 9.17) is 9.47 Å². The Balaban J connectivity index is 1.82. The van der Waals surface area contributed by atoms with E-state index >= 15 is 0 Å². The van der Waals surface area contributed by atoms with Gasteiger partial charge >= 0.3 is 0 Å². The molecule has 0 amide bonds. The molecule has 1 aliphatic heterocycles. The molecule has 4 heteroatoms. The smallest absolute Gasteiger partial charge is 0.161 e. The SMILES string of the molecule is CC(C)NCC(C)NCc1ccc2c(c1)OCCO2. The zero-order chi connectivity index (χ0) is 13.7. The van der Waals surface area contributed by atoms with E-state index in [2.05, 4.69) is 43.5 Å². The second-order valence-corrected chi connectivity index (χ2v) is 5.32. The highest BCUT2D eigenvalue weighted by Gasteiger charge is 2.11. The minimum absolute atomic E-state index is 0.440. The van der Waals surface area contributed by atoms with Gasteiger partial charge in [-0.05, 0) is 24.6 Å². The highest BCUT2D eigenvalue weighted by Crippen LogP contribution is 2.30. The Hall–Kier alpha value is -1.26. The van der Waals surface area contributed by atoms with Crippen LogP contribution in [0.2, 0.25) is 0 Å². The third kappa shape index (κ3) is 4.40. The largest absolute Gasteiger partial charge is 0.486 e. The molecule has 19 heavy (non-hydrogen) atoms. The number of nitrogens with one attached hydrogen (secondary N) is 2. The molecule has 1 heterocycles. The number of ether oxygens (including phenoxy) is 2. The second kappa shape index (κ2) is 6.78. The average molecular weight is 264 g/mol. The summed E-state index contributed by atoms with van der Waals surface area (Å²) in [5.41, 5.74) is 1.22. The summed E-state index contributed by atoms with van der Waals surface area (Å²) in [5.74, 6) is 1.71. The molecule has 1 aromatic rings. The van der Waals surface area contributed by atoms with Gasteiger partial charge in [0.25, 0.3) is 0 Å². The van der Waals surface area contributed by atoms with E-state index in [9.17, 15) is 0 Å². The van der Waals surface area contributed by atoms with Crippen molar-refractivity contribution in [3.8, 4) is 11.5 Å². The van der Waals surface area contributed by atoms with Crippen LogP contribution in [0.1, 0.15) is 26.3 Å². The molecule has 0 saturated heterocycles. The van der Waals surface area contributed by atoms with Crippen LogP contribution >= 0.6 is 0 Å². The van der Waals surface area contributed by atoms with Gasteiger partial charge in [-0.2, -0.15) is 0 Å². The maximum Gasteiger partial charge on any atom is 0.161 e. The summed E-state index contributed by atoms with van der Waals surface area (Å²) in [4.78, 5) is 0. The third-order valence-electron chi connectivity index (χ3n) is 3.09. The second-order valence-electron chi connectivity index (χ2n) is 5.32. The van der Waals surface area contributed by atoms with Gasteiger partial charge in [-0.25, -0.2) is 0 Å². The first-order valence-electron chi connectivity index (χ1n) is 7.00. The lowest BCUT2D eigenvalue weighted by molar-refractivity contribution is 0.171. The van der Waals surface area contributed by atoms with Crippen molar-refractivity contribution in [1.29, 1.82) is 0 Å². The predicted molar refractivity (Wildman–Crippen MR) is 76.9 cm³/mol. The molecule has 2 N–H and O–H groups in total. The van der Waals surface area contributed by atoms with Gasteiger partial charge in [0, 0.05) is 25.2 Å². The number of rotatable bonds is 6. The summed E-state index contributed by atoms with van der Waals surface area (Å²) in [6, 6.07) is 7.10. The number of fused-ring (bicyclic) bond motifs is 1. The lowest BCUT2D eigenvalue weighted by atomic mass is 10.2. The molecule has 0 bridgehead atoms. The van der Waals surface area contributed by atoms with Crippen LogP contribution < -0.4 is 20.1 Å². The van der Waals surface area contributed by atoms with Crippen molar-refractivity contribution in [3.05, 3.63) is 23.8 Å². The third-order valence-corrected chi connectivity index (χ3v) is 3.09. The maximum absolute atomic E-state index is 5.58. The van der Waals surface area contributed by atoms with Crippen LogP contribution in [0, 0.1) is 0 Å². The van der Waals surface area contributed by atoms with Gasteiger partial charge in [-0.3, -0.25) is 0 Å². The fourth-order valence-electron chi connectivity index (χ4n) is 1.97. The van der Waals surface area contributed by atoms with Crippen LogP contribution in [0.15, 0.2) is 18.2 Å². The predicted octanol–water partition coefficient (Wildman–Crippen LogP) is 1.93. The first-order chi connectivity index (χ1) is 9.15. The fourth-order valence-corrected chi connectivity index (χ4v) is 1.97. The molecule has 4 nitrogen and oxygen atoms in total. The molecular formula is C15H24N2O2. The van der Waals surface area contributed by atoms with Crippen LogP contribution in [0.4, 0.5) is 0 Å². The van der Waals surface area contributed by atoms with Crippen molar-refractivity contribution in [3.63, 3.8) is 0 Å². The van der Waals surface area contributed by atoms with Crippen LogP contribution in [-0.2, 0) is 6.54 Å². The maximum atomic E-state index is 5.58. The Morgan fingerprint density at radius 1 is 1.05 bits per heavy atom. The van der Waals surface area contributed by atoms with Crippen molar-refractivity contribution >= 4 is 0 Å². The Labute approximate surface area is 115 Å². The lowest BCUT2D eigenvalue weighted by Crippen LogP contribution is -2.38. The van der Waals surface area contributed by atoms with E-state index in [-0.39, 0.29) is 0 Å². The Morgan fingerprint density at radius 2 is 1.79 bits per heavy atom. The first kappa shape index (κ1) is 14.2. The summed E-state index contributed by atoms with van der Waals surface area (Å²) in [7, 11) is 0. The van der Waals surface area contributed by atoms with Crippen LogP contribution in [0.25, 0.3) is 0 Å². The van der Waals surface area contributed by atoms with E-state index in [0.717, 1.165) is 24.6 Å². The highest BCUT2D eigenvalue weighted by atomic mass is 16.6. The van der Waals surface area contributed by atoms with Crippen molar-refractivity contribution in [1.82, 2.24) is 10.6 Å². The molecular weight excluding hydrogens is 240 g/mol.